The predicted octanol–water partition coefficient (Wildman–Crippen LogP) is 3.26. The number of amides is 2. The first kappa shape index (κ1) is 17.3. The van der Waals surface area contributed by atoms with Crippen LogP contribution in [0.4, 0.5) is 16.3 Å². The number of hydrogen-bond acceptors (Lipinski definition) is 5. The van der Waals surface area contributed by atoms with Crippen LogP contribution in [0.3, 0.4) is 0 Å². The smallest absolute Gasteiger partial charge is 0.322 e. The lowest BCUT2D eigenvalue weighted by Gasteiger charge is -2.23. The largest absolute Gasteiger partial charge is 0.461 e. The van der Waals surface area contributed by atoms with Gasteiger partial charge in [-0.25, -0.2) is 9.78 Å². The summed E-state index contributed by atoms with van der Waals surface area (Å²) in [7, 11) is 5.49. The summed E-state index contributed by atoms with van der Waals surface area (Å²) >= 11 is 0. The van der Waals surface area contributed by atoms with Crippen LogP contribution in [0.5, 0.6) is 0 Å². The number of ether oxygens (including phenoxy) is 1. The van der Waals surface area contributed by atoms with Gasteiger partial charge in [0, 0.05) is 27.7 Å². The van der Waals surface area contributed by atoms with Crippen molar-refractivity contribution in [1.82, 2.24) is 9.88 Å². The Labute approximate surface area is 147 Å². The predicted molar refractivity (Wildman–Crippen MR) is 95.7 cm³/mol. The number of nitrogens with one attached hydrogen (secondary N) is 1. The number of carbonyl (C=O) groups excluding carboxylic acids is 1. The van der Waals surface area contributed by atoms with Crippen molar-refractivity contribution in [3.05, 3.63) is 42.0 Å². The molecule has 1 fully saturated rings. The Balaban J connectivity index is 1.67. The highest BCUT2D eigenvalue weighted by atomic mass is 16.5. The lowest BCUT2D eigenvalue weighted by atomic mass is 10.2. The molecule has 1 aliphatic heterocycles. The summed E-state index contributed by atoms with van der Waals surface area (Å²) < 4.78 is 10.9. The second-order valence-corrected chi connectivity index (χ2v) is 6.32. The van der Waals surface area contributed by atoms with Gasteiger partial charge in [0.1, 0.15) is 23.9 Å². The molecule has 7 nitrogen and oxygen atoms in total. The molecule has 1 saturated heterocycles. The normalized spacial score (nSPS) is 16.9. The van der Waals surface area contributed by atoms with Crippen LogP contribution in [0.15, 0.2) is 34.9 Å². The average Bonchev–Trinajstić information content (AvgIpc) is 3.24. The van der Waals surface area contributed by atoms with Gasteiger partial charge in [0.2, 0.25) is 0 Å². The van der Waals surface area contributed by atoms with Crippen molar-refractivity contribution in [3.63, 3.8) is 0 Å². The molecule has 134 valence electrons. The number of rotatable bonds is 5. The summed E-state index contributed by atoms with van der Waals surface area (Å²) in [6.45, 7) is 1.14. The van der Waals surface area contributed by atoms with Gasteiger partial charge in [0.05, 0.1) is 17.9 Å². The number of carbonyl (C=O) groups is 1. The Kier molecular flexibility index (Phi) is 5.23. The molecular formula is C18H24N4O3. The number of hydrogen-bond donors (Lipinski definition) is 1. The van der Waals surface area contributed by atoms with Crippen LogP contribution in [-0.2, 0) is 11.3 Å². The van der Waals surface area contributed by atoms with Crippen LogP contribution < -0.4 is 10.2 Å². The summed E-state index contributed by atoms with van der Waals surface area (Å²) in [6.07, 6.45) is 3.52. The number of pyridine rings is 1. The number of likely N-dealkylation sites (tertiary alicyclic amines) is 1. The Morgan fingerprint density at radius 2 is 2.24 bits per heavy atom. The van der Waals surface area contributed by atoms with Crippen molar-refractivity contribution in [2.45, 2.75) is 25.5 Å². The summed E-state index contributed by atoms with van der Waals surface area (Å²) in [6, 6.07) is 7.39. The number of anilines is 2. The van der Waals surface area contributed by atoms with E-state index < -0.39 is 0 Å². The van der Waals surface area contributed by atoms with Gasteiger partial charge in [-0.15, -0.1) is 0 Å². The monoisotopic (exact) mass is 344 g/mol. The molecule has 2 amide bonds. The van der Waals surface area contributed by atoms with E-state index in [-0.39, 0.29) is 12.1 Å². The van der Waals surface area contributed by atoms with Gasteiger partial charge < -0.3 is 24.3 Å². The molecule has 3 heterocycles. The Hall–Kier alpha value is -2.54. The maximum atomic E-state index is 12.7. The Morgan fingerprint density at radius 3 is 2.92 bits per heavy atom. The first-order valence-corrected chi connectivity index (χ1v) is 8.37. The second kappa shape index (κ2) is 7.57. The van der Waals surface area contributed by atoms with Crippen molar-refractivity contribution in [3.8, 4) is 0 Å². The van der Waals surface area contributed by atoms with Crippen LogP contribution in [-0.4, -0.2) is 43.7 Å². The highest BCUT2D eigenvalue weighted by Gasteiger charge is 2.32. The quantitative estimate of drug-likeness (QED) is 0.901. The van der Waals surface area contributed by atoms with Gasteiger partial charge >= 0.3 is 6.03 Å². The summed E-state index contributed by atoms with van der Waals surface area (Å²) in [5.74, 6) is 2.42. The highest BCUT2D eigenvalue weighted by molar-refractivity contribution is 5.89. The van der Waals surface area contributed by atoms with E-state index in [1.54, 1.807) is 13.3 Å². The van der Waals surface area contributed by atoms with Gasteiger partial charge in [0.15, 0.2) is 0 Å². The van der Waals surface area contributed by atoms with E-state index >= 15 is 0 Å². The van der Waals surface area contributed by atoms with Gasteiger partial charge in [-0.1, -0.05) is 0 Å². The summed E-state index contributed by atoms with van der Waals surface area (Å²) in [5.41, 5.74) is 0.681. The molecule has 2 aromatic heterocycles. The SMILES string of the molecule is COCc1ccc([C@H]2CCCN2C(=O)Nc2ccc(N(C)C)nc2)o1. The Morgan fingerprint density at radius 1 is 1.40 bits per heavy atom. The zero-order valence-electron chi connectivity index (χ0n) is 14.9. The zero-order valence-corrected chi connectivity index (χ0v) is 14.9. The second-order valence-electron chi connectivity index (χ2n) is 6.32. The number of furan rings is 1. The standard InChI is InChI=1S/C18H24N4O3/c1-21(2)17-9-6-13(11-19-17)20-18(23)22-10-4-5-15(22)16-8-7-14(25-16)12-24-3/h6-9,11,15H,4-5,10,12H2,1-3H3,(H,20,23)/t15-/m1/s1. The highest BCUT2D eigenvalue weighted by Crippen LogP contribution is 2.33. The third-order valence-corrected chi connectivity index (χ3v) is 4.27. The molecule has 3 rings (SSSR count). The minimum absolute atomic E-state index is 0.0420. The summed E-state index contributed by atoms with van der Waals surface area (Å²) in [4.78, 5) is 20.7. The number of aromatic nitrogens is 1. The fourth-order valence-electron chi connectivity index (χ4n) is 3.02. The maximum Gasteiger partial charge on any atom is 0.322 e. The lowest BCUT2D eigenvalue weighted by Crippen LogP contribution is -2.34. The first-order valence-electron chi connectivity index (χ1n) is 8.37. The van der Waals surface area contributed by atoms with Crippen molar-refractivity contribution in [1.29, 1.82) is 0 Å². The van der Waals surface area contributed by atoms with Crippen LogP contribution >= 0.6 is 0 Å². The fraction of sp³-hybridized carbons (Fsp3) is 0.444. The molecule has 0 aromatic carbocycles. The molecule has 0 saturated carbocycles. The Bertz CT molecular complexity index is 711. The molecule has 0 unspecified atom stereocenters. The number of nitrogens with zero attached hydrogens (tertiary/aromatic N) is 3. The zero-order chi connectivity index (χ0) is 17.8. The van der Waals surface area contributed by atoms with Crippen molar-refractivity contribution in [2.75, 3.05) is 38.0 Å². The van der Waals surface area contributed by atoms with Crippen LogP contribution in [0.25, 0.3) is 0 Å². The third kappa shape index (κ3) is 3.93. The van der Waals surface area contributed by atoms with Gasteiger partial charge in [-0.05, 0) is 37.1 Å². The molecule has 0 spiro atoms. The van der Waals surface area contributed by atoms with E-state index in [0.717, 1.165) is 30.2 Å². The lowest BCUT2D eigenvalue weighted by molar-refractivity contribution is 0.157. The van der Waals surface area contributed by atoms with Gasteiger partial charge in [-0.2, -0.15) is 0 Å². The maximum absolute atomic E-state index is 12.7. The minimum Gasteiger partial charge on any atom is -0.461 e. The van der Waals surface area contributed by atoms with Crippen LogP contribution in [0.2, 0.25) is 0 Å². The molecule has 25 heavy (non-hydrogen) atoms. The number of methoxy groups -OCH3 is 1. The van der Waals surface area contributed by atoms with E-state index in [2.05, 4.69) is 10.3 Å². The van der Waals surface area contributed by atoms with Crippen LogP contribution in [0.1, 0.15) is 30.4 Å². The molecule has 2 aromatic rings. The molecule has 0 aliphatic carbocycles. The molecular weight excluding hydrogens is 320 g/mol. The minimum atomic E-state index is -0.133. The average molecular weight is 344 g/mol. The summed E-state index contributed by atoms with van der Waals surface area (Å²) in [5, 5.41) is 2.92. The molecule has 0 bridgehead atoms. The van der Waals surface area contributed by atoms with Crippen LogP contribution in [0, 0.1) is 0 Å². The topological polar surface area (TPSA) is 70.8 Å². The van der Waals surface area contributed by atoms with Gasteiger partial charge in [0.25, 0.3) is 0 Å². The molecule has 1 aliphatic rings. The van der Waals surface area contributed by atoms with E-state index in [4.69, 9.17) is 9.15 Å². The number of urea groups is 1. The molecule has 0 radical (unpaired) electrons. The van der Waals surface area contributed by atoms with Crippen molar-refractivity contribution < 1.29 is 13.9 Å². The van der Waals surface area contributed by atoms with Gasteiger partial charge in [-0.3, -0.25) is 0 Å². The van der Waals surface area contributed by atoms with E-state index in [9.17, 15) is 4.79 Å². The molecule has 1 atom stereocenters. The van der Waals surface area contributed by atoms with Crippen molar-refractivity contribution >= 4 is 17.5 Å². The van der Waals surface area contributed by atoms with E-state index in [0.29, 0.717) is 18.8 Å². The molecule has 7 heteroatoms. The molecule has 1 N–H and O–H groups in total. The van der Waals surface area contributed by atoms with E-state index in [1.165, 1.54) is 0 Å². The fourth-order valence-corrected chi connectivity index (χ4v) is 3.02. The first-order chi connectivity index (χ1) is 12.1. The van der Waals surface area contributed by atoms with E-state index in [1.807, 2.05) is 48.2 Å². The van der Waals surface area contributed by atoms with Crippen molar-refractivity contribution in [2.24, 2.45) is 0 Å². The third-order valence-electron chi connectivity index (χ3n) is 4.27.